The van der Waals surface area contributed by atoms with Gasteiger partial charge in [0.15, 0.2) is 0 Å². The summed E-state index contributed by atoms with van der Waals surface area (Å²) < 4.78 is 0. The molecule has 1 N–H and O–H groups in total. The first kappa shape index (κ1) is 12.1. The topological polar surface area (TPSA) is 48.7 Å². The summed E-state index contributed by atoms with van der Waals surface area (Å²) in [6, 6.07) is 11.8. The zero-order valence-electron chi connectivity index (χ0n) is 10.8. The molecule has 2 aromatic rings. The number of benzene rings is 1. The summed E-state index contributed by atoms with van der Waals surface area (Å²) >= 11 is 0. The first-order valence-electron chi connectivity index (χ1n) is 5.83. The lowest BCUT2D eigenvalue weighted by atomic mass is 10.1. The van der Waals surface area contributed by atoms with Crippen LogP contribution in [0, 0.1) is 32.1 Å². The van der Waals surface area contributed by atoms with Gasteiger partial charge in [0, 0.05) is 5.69 Å². The van der Waals surface area contributed by atoms with Crippen molar-refractivity contribution in [2.24, 2.45) is 0 Å². The summed E-state index contributed by atoms with van der Waals surface area (Å²) in [4.78, 5) is 4.41. The third-order valence-electron chi connectivity index (χ3n) is 2.88. The van der Waals surface area contributed by atoms with E-state index in [0.717, 1.165) is 28.3 Å². The summed E-state index contributed by atoms with van der Waals surface area (Å²) in [7, 11) is 0. The summed E-state index contributed by atoms with van der Waals surface area (Å²) in [5.41, 5.74) is 5.41. The fraction of sp³-hybridized carbons (Fsp3) is 0.200. The fourth-order valence-corrected chi connectivity index (χ4v) is 1.88. The van der Waals surface area contributed by atoms with Crippen molar-refractivity contribution in [2.75, 3.05) is 5.32 Å². The average molecular weight is 237 g/mol. The lowest BCUT2D eigenvalue weighted by Gasteiger charge is -2.13. The van der Waals surface area contributed by atoms with Crippen molar-refractivity contribution in [2.45, 2.75) is 20.8 Å². The number of nitrogens with one attached hydrogen (secondary N) is 1. The van der Waals surface area contributed by atoms with Crippen LogP contribution >= 0.6 is 0 Å². The van der Waals surface area contributed by atoms with Crippen LogP contribution in [0.15, 0.2) is 30.3 Å². The minimum atomic E-state index is 0.648. The number of aromatic nitrogens is 1. The van der Waals surface area contributed by atoms with E-state index in [4.69, 9.17) is 5.26 Å². The number of anilines is 2. The molecule has 0 saturated heterocycles. The Morgan fingerprint density at radius 2 is 1.89 bits per heavy atom. The molecule has 0 bridgehead atoms. The van der Waals surface area contributed by atoms with Gasteiger partial charge in [-0.2, -0.15) is 5.26 Å². The first-order valence-corrected chi connectivity index (χ1v) is 5.83. The summed E-state index contributed by atoms with van der Waals surface area (Å²) in [5, 5.41) is 12.4. The Morgan fingerprint density at radius 3 is 2.56 bits per heavy atom. The van der Waals surface area contributed by atoms with E-state index in [9.17, 15) is 0 Å². The lowest BCUT2D eigenvalue weighted by molar-refractivity contribution is 1.12. The molecule has 3 nitrogen and oxygen atoms in total. The molecule has 1 heterocycles. The molecule has 0 aliphatic carbocycles. The molecule has 2 rings (SSSR count). The van der Waals surface area contributed by atoms with Crippen molar-refractivity contribution in [3.63, 3.8) is 0 Å². The highest BCUT2D eigenvalue weighted by atomic mass is 14.9. The predicted molar refractivity (Wildman–Crippen MR) is 72.9 cm³/mol. The van der Waals surface area contributed by atoms with Crippen molar-refractivity contribution in [1.29, 1.82) is 5.26 Å². The third kappa shape index (κ3) is 2.33. The molecule has 0 atom stereocenters. The van der Waals surface area contributed by atoms with E-state index in [1.165, 1.54) is 0 Å². The van der Waals surface area contributed by atoms with Gasteiger partial charge in [-0.1, -0.05) is 12.1 Å². The second-order valence-electron chi connectivity index (χ2n) is 4.32. The van der Waals surface area contributed by atoms with Gasteiger partial charge < -0.3 is 5.32 Å². The van der Waals surface area contributed by atoms with Gasteiger partial charge in [-0.25, -0.2) is 0 Å². The monoisotopic (exact) mass is 237 g/mol. The summed E-state index contributed by atoms with van der Waals surface area (Å²) in [6.07, 6.45) is 0. The smallest absolute Gasteiger partial charge is 0.101 e. The van der Waals surface area contributed by atoms with E-state index in [1.54, 1.807) is 0 Å². The number of aryl methyl sites for hydroxylation is 3. The van der Waals surface area contributed by atoms with Crippen LogP contribution in [0.5, 0.6) is 0 Å². The van der Waals surface area contributed by atoms with Gasteiger partial charge in [-0.05, 0) is 44.5 Å². The molecule has 0 saturated carbocycles. The standard InChI is InChI=1S/C15H15N3/c1-10-5-4-6-13(9-16)15(10)18-14-8-7-11(2)17-12(14)3/h4-8,18H,1-3H3. The molecule has 0 unspecified atom stereocenters. The predicted octanol–water partition coefficient (Wildman–Crippen LogP) is 3.62. The van der Waals surface area contributed by atoms with Crippen molar-refractivity contribution in [3.05, 3.63) is 52.8 Å². The minimum Gasteiger partial charge on any atom is -0.353 e. The Labute approximate surface area is 107 Å². The normalized spacial score (nSPS) is 9.89. The maximum absolute atomic E-state index is 9.13. The molecule has 90 valence electrons. The molecular weight excluding hydrogens is 222 g/mol. The quantitative estimate of drug-likeness (QED) is 0.867. The number of pyridine rings is 1. The number of nitrogens with zero attached hydrogens (tertiary/aromatic N) is 2. The van der Waals surface area contributed by atoms with Gasteiger partial charge in [0.25, 0.3) is 0 Å². The van der Waals surface area contributed by atoms with Crippen LogP contribution in [-0.2, 0) is 0 Å². The Kier molecular flexibility index (Phi) is 3.29. The SMILES string of the molecule is Cc1ccc(Nc2c(C)cccc2C#N)c(C)n1. The second kappa shape index (κ2) is 4.89. The highest BCUT2D eigenvalue weighted by molar-refractivity contribution is 5.70. The first-order chi connectivity index (χ1) is 8.61. The van der Waals surface area contributed by atoms with E-state index in [2.05, 4.69) is 16.4 Å². The van der Waals surface area contributed by atoms with Gasteiger partial charge in [0.1, 0.15) is 6.07 Å². The molecule has 1 aromatic heterocycles. The molecule has 0 aliphatic rings. The van der Waals surface area contributed by atoms with E-state index in [1.807, 2.05) is 51.1 Å². The van der Waals surface area contributed by atoms with Crippen LogP contribution in [0.2, 0.25) is 0 Å². The zero-order chi connectivity index (χ0) is 13.1. The van der Waals surface area contributed by atoms with Crippen LogP contribution in [-0.4, -0.2) is 4.98 Å². The van der Waals surface area contributed by atoms with Crippen molar-refractivity contribution >= 4 is 11.4 Å². The third-order valence-corrected chi connectivity index (χ3v) is 2.88. The number of hydrogen-bond acceptors (Lipinski definition) is 3. The average Bonchev–Trinajstić information content (AvgIpc) is 2.34. The van der Waals surface area contributed by atoms with Gasteiger partial charge in [0.05, 0.1) is 22.6 Å². The maximum Gasteiger partial charge on any atom is 0.101 e. The van der Waals surface area contributed by atoms with Crippen LogP contribution in [0.3, 0.4) is 0 Å². The van der Waals surface area contributed by atoms with E-state index < -0.39 is 0 Å². The van der Waals surface area contributed by atoms with Crippen molar-refractivity contribution in [1.82, 2.24) is 4.98 Å². The number of nitriles is 1. The Morgan fingerprint density at radius 1 is 1.11 bits per heavy atom. The van der Waals surface area contributed by atoms with Crippen LogP contribution in [0.1, 0.15) is 22.5 Å². The Hall–Kier alpha value is -2.34. The van der Waals surface area contributed by atoms with E-state index in [-0.39, 0.29) is 0 Å². The Bertz CT molecular complexity index is 624. The van der Waals surface area contributed by atoms with Crippen molar-refractivity contribution < 1.29 is 0 Å². The van der Waals surface area contributed by atoms with E-state index >= 15 is 0 Å². The molecule has 3 heteroatoms. The zero-order valence-corrected chi connectivity index (χ0v) is 10.8. The van der Waals surface area contributed by atoms with Gasteiger partial charge in [-0.15, -0.1) is 0 Å². The molecular formula is C15H15N3. The maximum atomic E-state index is 9.13. The van der Waals surface area contributed by atoms with Gasteiger partial charge in [0.2, 0.25) is 0 Å². The molecule has 0 amide bonds. The van der Waals surface area contributed by atoms with Crippen LogP contribution < -0.4 is 5.32 Å². The Balaban J connectivity index is 2.43. The molecule has 0 spiro atoms. The second-order valence-corrected chi connectivity index (χ2v) is 4.32. The molecule has 0 fully saturated rings. The minimum absolute atomic E-state index is 0.648. The summed E-state index contributed by atoms with van der Waals surface area (Å²) in [5.74, 6) is 0. The number of hydrogen-bond donors (Lipinski definition) is 1. The molecule has 1 aromatic carbocycles. The van der Waals surface area contributed by atoms with Crippen molar-refractivity contribution in [3.8, 4) is 6.07 Å². The highest BCUT2D eigenvalue weighted by Gasteiger charge is 2.07. The largest absolute Gasteiger partial charge is 0.353 e. The van der Waals surface area contributed by atoms with Crippen LogP contribution in [0.25, 0.3) is 0 Å². The van der Waals surface area contributed by atoms with Gasteiger partial charge >= 0.3 is 0 Å². The summed E-state index contributed by atoms with van der Waals surface area (Å²) in [6.45, 7) is 5.91. The van der Waals surface area contributed by atoms with Crippen LogP contribution in [0.4, 0.5) is 11.4 Å². The van der Waals surface area contributed by atoms with E-state index in [0.29, 0.717) is 5.56 Å². The van der Waals surface area contributed by atoms with Gasteiger partial charge in [-0.3, -0.25) is 4.98 Å². The number of rotatable bonds is 2. The lowest BCUT2D eigenvalue weighted by Crippen LogP contribution is -2.00. The molecule has 0 radical (unpaired) electrons. The highest BCUT2D eigenvalue weighted by Crippen LogP contribution is 2.25. The molecule has 0 aliphatic heterocycles. The molecule has 18 heavy (non-hydrogen) atoms. The number of para-hydroxylation sites is 1. The fourth-order valence-electron chi connectivity index (χ4n) is 1.88.